The van der Waals surface area contributed by atoms with Gasteiger partial charge in [0.05, 0.1) is 16.6 Å². The van der Waals surface area contributed by atoms with E-state index in [4.69, 9.17) is 22.1 Å². The van der Waals surface area contributed by atoms with E-state index in [1.807, 2.05) is 7.05 Å². The fraction of sp³-hybridized carbons (Fsp3) is 0.474. The number of nitrogen functional groups attached to an aromatic ring is 1. The van der Waals surface area contributed by atoms with Crippen molar-refractivity contribution in [1.29, 1.82) is 0 Å². The van der Waals surface area contributed by atoms with Crippen molar-refractivity contribution in [3.05, 3.63) is 32.8 Å². The zero-order valence-corrected chi connectivity index (χ0v) is 16.1. The number of carbonyl (C=O) groups is 1. The average Bonchev–Trinajstić information content (AvgIpc) is 3.41. The number of nitrogens with zero attached hydrogens (tertiary/aromatic N) is 2. The van der Waals surface area contributed by atoms with E-state index in [9.17, 15) is 19.1 Å². The van der Waals surface area contributed by atoms with Gasteiger partial charge in [-0.15, -0.1) is 0 Å². The highest BCUT2D eigenvalue weighted by Crippen LogP contribution is 2.44. The van der Waals surface area contributed by atoms with Crippen LogP contribution in [0.15, 0.2) is 11.0 Å². The number of pyridine rings is 1. The topological polar surface area (TPSA) is 97.8 Å². The lowest BCUT2D eigenvalue weighted by atomic mass is 10.1. The van der Waals surface area contributed by atoms with Crippen LogP contribution in [0.25, 0.3) is 10.9 Å². The molecule has 1 aromatic heterocycles. The van der Waals surface area contributed by atoms with E-state index in [-0.39, 0.29) is 40.4 Å². The molecule has 0 bridgehead atoms. The first-order valence-corrected chi connectivity index (χ1v) is 9.60. The van der Waals surface area contributed by atoms with E-state index >= 15 is 0 Å². The zero-order chi connectivity index (χ0) is 20.2. The third-order valence-electron chi connectivity index (χ3n) is 5.61. The number of fused-ring (bicyclic) bond motifs is 1. The second-order valence-corrected chi connectivity index (χ2v) is 7.88. The molecule has 1 aromatic carbocycles. The van der Waals surface area contributed by atoms with Crippen LogP contribution in [0.4, 0.5) is 10.1 Å². The monoisotopic (exact) mass is 409 g/mol. The first-order valence-electron chi connectivity index (χ1n) is 9.22. The molecule has 0 spiro atoms. The molecule has 1 saturated heterocycles. The van der Waals surface area contributed by atoms with Gasteiger partial charge in [0, 0.05) is 18.3 Å². The fourth-order valence-electron chi connectivity index (χ4n) is 3.83. The second kappa shape index (κ2) is 6.93. The number of aromatic carboxylic acids is 1. The first-order chi connectivity index (χ1) is 13.3. The Hall–Kier alpha value is -2.32. The van der Waals surface area contributed by atoms with Gasteiger partial charge in [-0.05, 0) is 39.3 Å². The lowest BCUT2D eigenvalue weighted by Gasteiger charge is -2.22. The zero-order valence-electron chi connectivity index (χ0n) is 15.4. The number of rotatable bonds is 5. The molecule has 2 aromatic rings. The van der Waals surface area contributed by atoms with Crippen LogP contribution < -0.4 is 15.9 Å². The van der Waals surface area contributed by atoms with Gasteiger partial charge in [-0.25, -0.2) is 9.18 Å². The van der Waals surface area contributed by atoms with Crippen LogP contribution in [0, 0.1) is 5.82 Å². The van der Waals surface area contributed by atoms with Gasteiger partial charge >= 0.3 is 5.97 Å². The van der Waals surface area contributed by atoms with Gasteiger partial charge in [-0.3, -0.25) is 4.79 Å². The Labute approximate surface area is 165 Å². The van der Waals surface area contributed by atoms with Crippen LogP contribution in [-0.2, 0) is 0 Å². The normalized spacial score (nSPS) is 20.0. The van der Waals surface area contributed by atoms with E-state index in [1.165, 1.54) is 6.20 Å². The summed E-state index contributed by atoms with van der Waals surface area (Å²) in [5, 5.41) is 9.09. The van der Waals surface area contributed by atoms with E-state index in [2.05, 4.69) is 4.90 Å². The van der Waals surface area contributed by atoms with Gasteiger partial charge in [0.1, 0.15) is 17.2 Å². The van der Waals surface area contributed by atoms with Crippen molar-refractivity contribution < 1.29 is 19.0 Å². The second-order valence-electron chi connectivity index (χ2n) is 7.50. The van der Waals surface area contributed by atoms with E-state index < -0.39 is 28.5 Å². The molecule has 2 heterocycles. The third-order valence-corrected chi connectivity index (χ3v) is 5.96. The van der Waals surface area contributed by atoms with E-state index in [1.54, 1.807) is 4.57 Å². The molecule has 9 heteroatoms. The molecule has 2 aliphatic rings. The van der Waals surface area contributed by atoms with Crippen LogP contribution in [0.5, 0.6) is 5.75 Å². The molecular formula is C19H21ClFN3O4. The van der Waals surface area contributed by atoms with E-state index in [0.717, 1.165) is 32.2 Å². The SMILES string of the molecule is CN1CCC[C@H]1COc1c(F)c(N)c2c(=O)c(C(=O)O)cn(C3CC3)c2c1Cl. The van der Waals surface area contributed by atoms with Gasteiger partial charge in [0.15, 0.2) is 11.6 Å². The number of hydrogen-bond acceptors (Lipinski definition) is 5. The number of benzene rings is 1. The minimum Gasteiger partial charge on any atom is -0.487 e. The summed E-state index contributed by atoms with van der Waals surface area (Å²) in [6.07, 6.45) is 4.87. The maximum atomic E-state index is 15.0. The highest BCUT2D eigenvalue weighted by atomic mass is 35.5. The molecule has 1 aliphatic heterocycles. The summed E-state index contributed by atoms with van der Waals surface area (Å²) < 4.78 is 22.3. The van der Waals surface area contributed by atoms with Gasteiger partial charge in [-0.1, -0.05) is 11.6 Å². The van der Waals surface area contributed by atoms with Crippen molar-refractivity contribution in [3.8, 4) is 5.75 Å². The molecule has 0 unspecified atom stereocenters. The van der Waals surface area contributed by atoms with Gasteiger partial charge in [-0.2, -0.15) is 0 Å². The molecule has 3 N–H and O–H groups in total. The largest absolute Gasteiger partial charge is 0.487 e. The summed E-state index contributed by atoms with van der Waals surface area (Å²) >= 11 is 6.48. The lowest BCUT2D eigenvalue weighted by Crippen LogP contribution is -2.31. The fourth-order valence-corrected chi connectivity index (χ4v) is 4.16. The van der Waals surface area contributed by atoms with Crippen molar-refractivity contribution in [2.45, 2.75) is 37.8 Å². The minimum absolute atomic E-state index is 0.00243. The Morgan fingerprint density at radius 2 is 2.14 bits per heavy atom. The molecule has 1 atom stereocenters. The Morgan fingerprint density at radius 3 is 2.71 bits per heavy atom. The minimum atomic E-state index is -1.39. The number of likely N-dealkylation sites (N-methyl/N-ethyl adjacent to an activating group) is 1. The van der Waals surface area contributed by atoms with Crippen LogP contribution in [0.2, 0.25) is 5.02 Å². The van der Waals surface area contributed by atoms with Crippen LogP contribution in [0.1, 0.15) is 42.1 Å². The highest BCUT2D eigenvalue weighted by Gasteiger charge is 2.32. The molecule has 0 amide bonds. The molecule has 0 radical (unpaired) electrons. The van der Waals surface area contributed by atoms with Crippen molar-refractivity contribution in [3.63, 3.8) is 0 Å². The number of aromatic nitrogens is 1. The number of anilines is 1. The predicted molar refractivity (Wildman–Crippen MR) is 104 cm³/mol. The summed E-state index contributed by atoms with van der Waals surface area (Å²) in [5.41, 5.74) is 4.42. The summed E-state index contributed by atoms with van der Waals surface area (Å²) in [7, 11) is 1.98. The number of likely N-dealkylation sites (tertiary alicyclic amines) is 1. The Morgan fingerprint density at radius 1 is 1.43 bits per heavy atom. The number of carboxylic acids is 1. The lowest BCUT2D eigenvalue weighted by molar-refractivity contribution is 0.0695. The third kappa shape index (κ3) is 3.00. The molecule has 7 nitrogen and oxygen atoms in total. The molecule has 4 rings (SSSR count). The van der Waals surface area contributed by atoms with Crippen LogP contribution in [-0.4, -0.2) is 46.8 Å². The Balaban J connectivity index is 1.89. The highest BCUT2D eigenvalue weighted by molar-refractivity contribution is 6.37. The number of nitrogens with two attached hydrogens (primary N) is 1. The Bertz CT molecular complexity index is 1030. The smallest absolute Gasteiger partial charge is 0.341 e. The van der Waals surface area contributed by atoms with Crippen molar-refractivity contribution in [2.75, 3.05) is 25.9 Å². The molecule has 2 fully saturated rings. The van der Waals surface area contributed by atoms with Crippen LogP contribution >= 0.6 is 11.6 Å². The Kier molecular flexibility index (Phi) is 4.71. The maximum absolute atomic E-state index is 15.0. The van der Waals surface area contributed by atoms with Crippen molar-refractivity contribution in [1.82, 2.24) is 9.47 Å². The van der Waals surface area contributed by atoms with Crippen molar-refractivity contribution in [2.24, 2.45) is 0 Å². The average molecular weight is 410 g/mol. The van der Waals surface area contributed by atoms with Crippen LogP contribution in [0.3, 0.4) is 0 Å². The molecular weight excluding hydrogens is 389 g/mol. The van der Waals surface area contributed by atoms with Crippen molar-refractivity contribution >= 4 is 34.2 Å². The number of hydrogen-bond donors (Lipinski definition) is 2. The molecule has 150 valence electrons. The summed E-state index contributed by atoms with van der Waals surface area (Å²) in [6, 6.07) is 0.143. The maximum Gasteiger partial charge on any atom is 0.341 e. The van der Waals surface area contributed by atoms with Gasteiger partial charge in [0.2, 0.25) is 5.43 Å². The summed E-state index contributed by atoms with van der Waals surface area (Å²) in [5.74, 6) is -2.51. The summed E-state index contributed by atoms with van der Waals surface area (Å²) in [6.45, 7) is 1.20. The standard InChI is InChI=1S/C19H21ClFN3O4/c1-23-6-2-3-10(23)8-28-18-13(20)16-12(15(22)14(18)21)17(25)11(19(26)27)7-24(16)9-4-5-9/h7,9-10H,2-6,8,22H2,1H3,(H,26,27)/t10-/m0/s1. The van der Waals surface area contributed by atoms with Gasteiger partial charge < -0.3 is 25.0 Å². The molecule has 1 saturated carbocycles. The quantitative estimate of drug-likeness (QED) is 0.737. The number of ether oxygens (including phenoxy) is 1. The molecule has 1 aliphatic carbocycles. The van der Waals surface area contributed by atoms with E-state index in [0.29, 0.717) is 0 Å². The molecule has 28 heavy (non-hydrogen) atoms. The number of carboxylic acid groups (broad SMARTS) is 1. The summed E-state index contributed by atoms with van der Waals surface area (Å²) in [4.78, 5) is 26.3. The van der Waals surface area contributed by atoms with Gasteiger partial charge in [0.25, 0.3) is 0 Å². The predicted octanol–water partition coefficient (Wildman–Crippen LogP) is 2.88. The first kappa shape index (κ1) is 19.0. The number of halogens is 2.